The van der Waals surface area contributed by atoms with Gasteiger partial charge in [-0.05, 0) is 25.0 Å². The molecule has 17 heavy (non-hydrogen) atoms. The van der Waals surface area contributed by atoms with Crippen molar-refractivity contribution in [3.8, 4) is 0 Å². The van der Waals surface area contributed by atoms with Gasteiger partial charge in [0.1, 0.15) is 0 Å². The van der Waals surface area contributed by atoms with Crippen molar-refractivity contribution in [3.05, 3.63) is 12.8 Å². The lowest BCUT2D eigenvalue weighted by molar-refractivity contribution is 0.114. The van der Waals surface area contributed by atoms with E-state index in [0.29, 0.717) is 0 Å². The molecule has 0 N–H and O–H groups in total. The summed E-state index contributed by atoms with van der Waals surface area (Å²) in [6.45, 7) is 11.4. The Morgan fingerprint density at radius 1 is 1.06 bits per heavy atom. The highest BCUT2D eigenvalue weighted by atomic mass is 16.2. The fourth-order valence-corrected chi connectivity index (χ4v) is 2.50. The van der Waals surface area contributed by atoms with E-state index in [1.165, 1.54) is 0 Å². The van der Waals surface area contributed by atoms with Crippen LogP contribution in [-0.2, 0) is 0 Å². The predicted molar refractivity (Wildman–Crippen MR) is 68.7 cm³/mol. The lowest BCUT2D eigenvalue weighted by Gasteiger charge is -2.39. The molecule has 96 valence electrons. The number of carbonyl (C=O) groups is 1. The predicted octanol–water partition coefficient (Wildman–Crippen LogP) is 1.60. The third kappa shape index (κ3) is 2.93. The minimum Gasteiger partial charge on any atom is -0.374 e. The maximum atomic E-state index is 12.3. The van der Waals surface area contributed by atoms with Crippen LogP contribution in [0.25, 0.3) is 0 Å². The van der Waals surface area contributed by atoms with Gasteiger partial charge < -0.3 is 14.7 Å². The Morgan fingerprint density at radius 2 is 1.59 bits per heavy atom. The summed E-state index contributed by atoms with van der Waals surface area (Å²) in [4.78, 5) is 18.4. The van der Waals surface area contributed by atoms with Gasteiger partial charge in [-0.2, -0.15) is 0 Å². The molecule has 2 aliphatic rings. The lowest BCUT2D eigenvalue weighted by atomic mass is 9.99. The highest BCUT2D eigenvalue weighted by Crippen LogP contribution is 2.17. The number of rotatable bonds is 1. The van der Waals surface area contributed by atoms with Crippen LogP contribution in [-0.4, -0.2) is 60.0 Å². The van der Waals surface area contributed by atoms with Crippen molar-refractivity contribution in [1.29, 1.82) is 0 Å². The summed E-state index contributed by atoms with van der Waals surface area (Å²) in [5, 5.41) is 0. The highest BCUT2D eigenvalue weighted by Gasteiger charge is 2.26. The van der Waals surface area contributed by atoms with E-state index in [9.17, 15) is 4.79 Å². The average molecular weight is 237 g/mol. The quantitative estimate of drug-likeness (QED) is 0.692. The van der Waals surface area contributed by atoms with Crippen LogP contribution in [0.15, 0.2) is 12.8 Å². The first kappa shape index (κ1) is 12.3. The SMILES string of the molecule is C=CN1CCN(C(=O)N2CCC(C)CC2)CC1. The minimum absolute atomic E-state index is 0.237. The number of amides is 2. The van der Waals surface area contributed by atoms with Crippen molar-refractivity contribution in [2.24, 2.45) is 5.92 Å². The second-order valence-corrected chi connectivity index (χ2v) is 5.16. The van der Waals surface area contributed by atoms with Crippen LogP contribution < -0.4 is 0 Å². The van der Waals surface area contributed by atoms with Gasteiger partial charge in [0, 0.05) is 39.3 Å². The van der Waals surface area contributed by atoms with E-state index in [-0.39, 0.29) is 6.03 Å². The largest absolute Gasteiger partial charge is 0.374 e. The molecule has 2 fully saturated rings. The number of likely N-dealkylation sites (tertiary alicyclic amines) is 1. The van der Waals surface area contributed by atoms with Crippen LogP contribution >= 0.6 is 0 Å². The first-order valence-electron chi connectivity index (χ1n) is 6.61. The third-order valence-electron chi connectivity index (χ3n) is 3.90. The molecular weight excluding hydrogens is 214 g/mol. The Labute approximate surface area is 104 Å². The van der Waals surface area contributed by atoms with Gasteiger partial charge in [-0.25, -0.2) is 4.79 Å². The van der Waals surface area contributed by atoms with E-state index in [2.05, 4.69) is 18.4 Å². The van der Waals surface area contributed by atoms with Crippen molar-refractivity contribution in [3.63, 3.8) is 0 Å². The van der Waals surface area contributed by atoms with E-state index in [1.54, 1.807) is 0 Å². The van der Waals surface area contributed by atoms with Gasteiger partial charge in [-0.15, -0.1) is 0 Å². The number of piperidine rings is 1. The van der Waals surface area contributed by atoms with Crippen molar-refractivity contribution in [2.75, 3.05) is 39.3 Å². The molecule has 2 saturated heterocycles. The summed E-state index contributed by atoms with van der Waals surface area (Å²) in [5.41, 5.74) is 0. The van der Waals surface area contributed by atoms with Gasteiger partial charge >= 0.3 is 6.03 Å². The molecule has 0 radical (unpaired) electrons. The first-order chi connectivity index (χ1) is 8.20. The highest BCUT2D eigenvalue weighted by molar-refractivity contribution is 5.74. The third-order valence-corrected chi connectivity index (χ3v) is 3.90. The fourth-order valence-electron chi connectivity index (χ4n) is 2.50. The number of nitrogens with zero attached hydrogens (tertiary/aromatic N) is 3. The van der Waals surface area contributed by atoms with E-state index in [0.717, 1.165) is 58.0 Å². The molecule has 4 heteroatoms. The maximum Gasteiger partial charge on any atom is 0.320 e. The average Bonchev–Trinajstić information content (AvgIpc) is 2.39. The molecular formula is C13H23N3O. The van der Waals surface area contributed by atoms with Crippen LogP contribution in [0.2, 0.25) is 0 Å². The Bertz CT molecular complexity index is 276. The van der Waals surface area contributed by atoms with E-state index >= 15 is 0 Å². The first-order valence-corrected chi connectivity index (χ1v) is 6.61. The van der Waals surface area contributed by atoms with E-state index in [1.807, 2.05) is 16.0 Å². The van der Waals surface area contributed by atoms with Crippen molar-refractivity contribution in [1.82, 2.24) is 14.7 Å². The number of carbonyl (C=O) groups excluding carboxylic acids is 1. The molecule has 0 aliphatic carbocycles. The molecule has 0 unspecified atom stereocenters. The van der Waals surface area contributed by atoms with Crippen LogP contribution in [0.4, 0.5) is 4.79 Å². The summed E-state index contributed by atoms with van der Waals surface area (Å²) in [5.74, 6) is 0.775. The Hall–Kier alpha value is -1.19. The molecule has 2 aliphatic heterocycles. The summed E-state index contributed by atoms with van der Waals surface area (Å²) in [6, 6.07) is 0.237. The normalized spacial score (nSPS) is 22.8. The second kappa shape index (κ2) is 5.43. The van der Waals surface area contributed by atoms with E-state index in [4.69, 9.17) is 0 Å². The fraction of sp³-hybridized carbons (Fsp3) is 0.769. The van der Waals surface area contributed by atoms with Crippen LogP contribution in [0.1, 0.15) is 19.8 Å². The summed E-state index contributed by atoms with van der Waals surface area (Å²) in [7, 11) is 0. The molecule has 2 rings (SSSR count). The molecule has 0 aromatic carbocycles. The van der Waals surface area contributed by atoms with Gasteiger partial charge in [-0.1, -0.05) is 13.5 Å². The summed E-state index contributed by atoms with van der Waals surface area (Å²) < 4.78 is 0. The standard InChI is InChI=1S/C13H23N3O/c1-3-14-8-10-16(11-9-14)13(17)15-6-4-12(2)5-7-15/h3,12H,1,4-11H2,2H3. The molecule has 0 aromatic rings. The molecule has 0 aromatic heterocycles. The number of hydrogen-bond acceptors (Lipinski definition) is 2. The van der Waals surface area contributed by atoms with Crippen LogP contribution in [0, 0.1) is 5.92 Å². The molecule has 0 atom stereocenters. The van der Waals surface area contributed by atoms with Crippen LogP contribution in [0.3, 0.4) is 0 Å². The molecule has 0 spiro atoms. The molecule has 0 saturated carbocycles. The monoisotopic (exact) mass is 237 g/mol. The number of urea groups is 1. The van der Waals surface area contributed by atoms with Gasteiger partial charge in [0.15, 0.2) is 0 Å². The minimum atomic E-state index is 0.237. The lowest BCUT2D eigenvalue weighted by Crippen LogP contribution is -2.53. The van der Waals surface area contributed by atoms with Crippen LogP contribution in [0.5, 0.6) is 0 Å². The number of piperazine rings is 1. The van der Waals surface area contributed by atoms with Crippen molar-refractivity contribution in [2.45, 2.75) is 19.8 Å². The van der Waals surface area contributed by atoms with Gasteiger partial charge in [0.2, 0.25) is 0 Å². The molecule has 4 nitrogen and oxygen atoms in total. The van der Waals surface area contributed by atoms with Gasteiger partial charge in [0.25, 0.3) is 0 Å². The number of hydrogen-bond donors (Lipinski definition) is 0. The molecule has 2 amide bonds. The zero-order valence-corrected chi connectivity index (χ0v) is 10.8. The molecule has 2 heterocycles. The van der Waals surface area contributed by atoms with Gasteiger partial charge in [-0.3, -0.25) is 0 Å². The summed E-state index contributed by atoms with van der Waals surface area (Å²) in [6.07, 6.45) is 4.17. The Balaban J connectivity index is 1.82. The van der Waals surface area contributed by atoms with Gasteiger partial charge in [0.05, 0.1) is 0 Å². The second-order valence-electron chi connectivity index (χ2n) is 5.16. The topological polar surface area (TPSA) is 26.8 Å². The van der Waals surface area contributed by atoms with Crippen molar-refractivity contribution >= 4 is 6.03 Å². The summed E-state index contributed by atoms with van der Waals surface area (Å²) >= 11 is 0. The van der Waals surface area contributed by atoms with E-state index < -0.39 is 0 Å². The maximum absolute atomic E-state index is 12.3. The molecule has 0 bridgehead atoms. The smallest absolute Gasteiger partial charge is 0.320 e. The zero-order chi connectivity index (χ0) is 12.3. The van der Waals surface area contributed by atoms with Crippen molar-refractivity contribution < 1.29 is 4.79 Å². The Morgan fingerprint density at radius 3 is 2.12 bits per heavy atom. The zero-order valence-electron chi connectivity index (χ0n) is 10.8. The Kier molecular flexibility index (Phi) is 3.92.